The van der Waals surface area contributed by atoms with Crippen LogP contribution in [0.3, 0.4) is 0 Å². The van der Waals surface area contributed by atoms with E-state index in [2.05, 4.69) is 36.1 Å². The Labute approximate surface area is 118 Å². The molecular formula is C16H16ClNO. The van der Waals surface area contributed by atoms with Crippen molar-refractivity contribution < 1.29 is 4.79 Å². The van der Waals surface area contributed by atoms with Crippen molar-refractivity contribution >= 4 is 23.6 Å². The minimum atomic E-state index is 0.489. The second-order valence-corrected chi connectivity index (χ2v) is 5.08. The van der Waals surface area contributed by atoms with E-state index in [9.17, 15) is 4.79 Å². The van der Waals surface area contributed by atoms with E-state index in [1.54, 1.807) is 6.07 Å². The number of aldehydes is 1. The zero-order valence-electron chi connectivity index (χ0n) is 11.1. The van der Waals surface area contributed by atoms with Crippen LogP contribution in [-0.2, 0) is 6.54 Å². The molecule has 19 heavy (non-hydrogen) atoms. The van der Waals surface area contributed by atoms with Gasteiger partial charge in [-0.05, 0) is 30.7 Å². The van der Waals surface area contributed by atoms with Gasteiger partial charge in [0.25, 0.3) is 0 Å². The second-order valence-electron chi connectivity index (χ2n) is 4.67. The summed E-state index contributed by atoms with van der Waals surface area (Å²) in [7, 11) is 2.01. The topological polar surface area (TPSA) is 20.3 Å². The molecule has 2 rings (SSSR count). The summed E-state index contributed by atoms with van der Waals surface area (Å²) in [5.41, 5.74) is 4.02. The fourth-order valence-corrected chi connectivity index (χ4v) is 2.24. The molecule has 98 valence electrons. The highest BCUT2D eigenvalue weighted by Gasteiger charge is 2.06. The Kier molecular flexibility index (Phi) is 4.23. The van der Waals surface area contributed by atoms with Gasteiger partial charge in [-0.3, -0.25) is 4.79 Å². The molecule has 0 fully saturated rings. The summed E-state index contributed by atoms with van der Waals surface area (Å²) >= 11 is 6.04. The molecule has 0 amide bonds. The van der Waals surface area contributed by atoms with Gasteiger partial charge in [-0.2, -0.15) is 0 Å². The van der Waals surface area contributed by atoms with Gasteiger partial charge in [-0.15, -0.1) is 0 Å². The van der Waals surface area contributed by atoms with E-state index >= 15 is 0 Å². The first-order chi connectivity index (χ1) is 9.10. The molecule has 0 saturated heterocycles. The Hall–Kier alpha value is -1.80. The average molecular weight is 274 g/mol. The van der Waals surface area contributed by atoms with Crippen LogP contribution in [0.4, 0.5) is 5.69 Å². The van der Waals surface area contributed by atoms with E-state index in [4.69, 9.17) is 11.6 Å². The third-order valence-electron chi connectivity index (χ3n) is 3.05. The molecule has 0 atom stereocenters. The van der Waals surface area contributed by atoms with E-state index in [0.29, 0.717) is 10.6 Å². The Bertz CT molecular complexity index is 595. The molecule has 0 aromatic heterocycles. The van der Waals surface area contributed by atoms with Gasteiger partial charge in [-0.1, -0.05) is 41.4 Å². The number of hydrogen-bond acceptors (Lipinski definition) is 2. The highest BCUT2D eigenvalue weighted by molar-refractivity contribution is 6.33. The number of carbonyl (C=O) groups is 1. The van der Waals surface area contributed by atoms with Gasteiger partial charge in [0.15, 0.2) is 6.29 Å². The SMILES string of the molecule is Cc1cccc(CN(C)c2ccc(C=O)c(Cl)c2)c1. The number of hydrogen-bond donors (Lipinski definition) is 0. The van der Waals surface area contributed by atoms with Crippen LogP contribution in [0.1, 0.15) is 21.5 Å². The lowest BCUT2D eigenvalue weighted by Gasteiger charge is -2.20. The molecule has 0 bridgehead atoms. The summed E-state index contributed by atoms with van der Waals surface area (Å²) in [6.07, 6.45) is 0.771. The number of rotatable bonds is 4. The third kappa shape index (κ3) is 3.36. The van der Waals surface area contributed by atoms with Gasteiger partial charge < -0.3 is 4.90 Å². The molecule has 0 spiro atoms. The quantitative estimate of drug-likeness (QED) is 0.782. The maximum atomic E-state index is 10.7. The van der Waals surface area contributed by atoms with Crippen molar-refractivity contribution in [3.63, 3.8) is 0 Å². The van der Waals surface area contributed by atoms with E-state index in [1.807, 2.05) is 19.2 Å². The highest BCUT2D eigenvalue weighted by Crippen LogP contribution is 2.23. The number of carbonyl (C=O) groups excluding carboxylic acids is 1. The number of nitrogens with zero attached hydrogens (tertiary/aromatic N) is 1. The Morgan fingerprint density at radius 1 is 1.21 bits per heavy atom. The second kappa shape index (κ2) is 5.89. The minimum Gasteiger partial charge on any atom is -0.370 e. The first-order valence-corrected chi connectivity index (χ1v) is 6.49. The molecule has 0 saturated carbocycles. The molecule has 2 aromatic rings. The summed E-state index contributed by atoms with van der Waals surface area (Å²) in [6.45, 7) is 2.89. The monoisotopic (exact) mass is 273 g/mol. The van der Waals surface area contributed by atoms with Crippen molar-refractivity contribution in [3.05, 3.63) is 64.2 Å². The van der Waals surface area contributed by atoms with Crippen LogP contribution in [0.2, 0.25) is 5.02 Å². The predicted molar refractivity (Wildman–Crippen MR) is 80.1 cm³/mol. The van der Waals surface area contributed by atoms with Crippen LogP contribution in [-0.4, -0.2) is 13.3 Å². The average Bonchev–Trinajstić information content (AvgIpc) is 2.38. The normalized spacial score (nSPS) is 10.3. The fraction of sp³-hybridized carbons (Fsp3) is 0.188. The van der Waals surface area contributed by atoms with Gasteiger partial charge >= 0.3 is 0 Å². The summed E-state index contributed by atoms with van der Waals surface area (Å²) in [5, 5.41) is 0.489. The summed E-state index contributed by atoms with van der Waals surface area (Å²) in [4.78, 5) is 12.8. The molecular weight excluding hydrogens is 258 g/mol. The van der Waals surface area contributed by atoms with Crippen molar-refractivity contribution in [1.82, 2.24) is 0 Å². The lowest BCUT2D eigenvalue weighted by atomic mass is 10.1. The molecule has 0 unspecified atom stereocenters. The van der Waals surface area contributed by atoms with Crippen LogP contribution in [0.15, 0.2) is 42.5 Å². The zero-order chi connectivity index (χ0) is 13.8. The molecule has 0 radical (unpaired) electrons. The van der Waals surface area contributed by atoms with Crippen LogP contribution >= 0.6 is 11.6 Å². The standard InChI is InChI=1S/C16H16ClNO/c1-12-4-3-5-13(8-12)10-18(2)15-7-6-14(11-19)16(17)9-15/h3-9,11H,10H2,1-2H3. The van der Waals surface area contributed by atoms with Crippen molar-refractivity contribution in [2.24, 2.45) is 0 Å². The van der Waals surface area contributed by atoms with Gasteiger partial charge in [0, 0.05) is 24.8 Å². The first kappa shape index (κ1) is 13.6. The van der Waals surface area contributed by atoms with Crippen molar-refractivity contribution in [2.75, 3.05) is 11.9 Å². The maximum Gasteiger partial charge on any atom is 0.151 e. The Balaban J connectivity index is 2.18. The first-order valence-electron chi connectivity index (χ1n) is 6.11. The molecule has 2 aromatic carbocycles. The van der Waals surface area contributed by atoms with E-state index in [1.165, 1.54) is 11.1 Å². The molecule has 0 heterocycles. The fourth-order valence-electron chi connectivity index (χ4n) is 2.02. The minimum absolute atomic E-state index is 0.489. The van der Waals surface area contributed by atoms with E-state index in [-0.39, 0.29) is 0 Å². The van der Waals surface area contributed by atoms with Gasteiger partial charge in [0.2, 0.25) is 0 Å². The highest BCUT2D eigenvalue weighted by atomic mass is 35.5. The summed E-state index contributed by atoms with van der Waals surface area (Å²) in [5.74, 6) is 0. The number of benzene rings is 2. The third-order valence-corrected chi connectivity index (χ3v) is 3.38. The molecule has 2 nitrogen and oxygen atoms in total. The largest absolute Gasteiger partial charge is 0.370 e. The lowest BCUT2D eigenvalue weighted by molar-refractivity contribution is 0.112. The number of anilines is 1. The smallest absolute Gasteiger partial charge is 0.151 e. The number of halogens is 1. The van der Waals surface area contributed by atoms with Crippen LogP contribution in [0.5, 0.6) is 0 Å². The predicted octanol–water partition coefficient (Wildman–Crippen LogP) is 4.10. The van der Waals surface area contributed by atoms with Crippen molar-refractivity contribution in [1.29, 1.82) is 0 Å². The van der Waals surface area contributed by atoms with Crippen LogP contribution < -0.4 is 4.90 Å². The van der Waals surface area contributed by atoms with Crippen LogP contribution in [0.25, 0.3) is 0 Å². The molecule has 0 aliphatic carbocycles. The van der Waals surface area contributed by atoms with Gasteiger partial charge in [0.1, 0.15) is 0 Å². The Morgan fingerprint density at radius 3 is 2.63 bits per heavy atom. The molecule has 0 N–H and O–H groups in total. The van der Waals surface area contributed by atoms with Crippen LogP contribution in [0, 0.1) is 6.92 Å². The molecule has 0 aliphatic heterocycles. The number of aryl methyl sites for hydroxylation is 1. The molecule has 3 heteroatoms. The van der Waals surface area contributed by atoms with Gasteiger partial charge in [0.05, 0.1) is 5.02 Å². The van der Waals surface area contributed by atoms with Gasteiger partial charge in [-0.25, -0.2) is 0 Å². The lowest BCUT2D eigenvalue weighted by Crippen LogP contribution is -2.16. The maximum absolute atomic E-state index is 10.7. The van der Waals surface area contributed by atoms with E-state index < -0.39 is 0 Å². The summed E-state index contributed by atoms with van der Waals surface area (Å²) in [6, 6.07) is 13.9. The molecule has 0 aliphatic rings. The van der Waals surface area contributed by atoms with Crippen molar-refractivity contribution in [3.8, 4) is 0 Å². The Morgan fingerprint density at radius 2 is 2.00 bits per heavy atom. The summed E-state index contributed by atoms with van der Waals surface area (Å²) < 4.78 is 0. The zero-order valence-corrected chi connectivity index (χ0v) is 11.8. The van der Waals surface area contributed by atoms with Crippen molar-refractivity contribution in [2.45, 2.75) is 13.5 Å². The van der Waals surface area contributed by atoms with E-state index in [0.717, 1.165) is 18.5 Å².